The number of Topliss-reactive ketones (excluding diaryl/α,β-unsaturated/α-hetero) is 1. The van der Waals surface area contributed by atoms with E-state index in [1.165, 1.54) is 0 Å². The lowest BCUT2D eigenvalue weighted by Gasteiger charge is -2.27. The SMILES string of the molecule is CCCC(=O)c1cn(CC(=O)N2CCCC(=O)N(CCc3ccccc3)CC(=O)NC3CCc4c(c(nn4C)C(=O)NCC2)C3)c2ccccc12. The first-order valence-electron chi connectivity index (χ1n) is 18.0. The molecule has 0 saturated heterocycles. The summed E-state index contributed by atoms with van der Waals surface area (Å²) >= 11 is 0. The summed E-state index contributed by atoms with van der Waals surface area (Å²) in [4.78, 5) is 70.7. The first-order chi connectivity index (χ1) is 24.7. The minimum atomic E-state index is -0.326. The minimum absolute atomic E-state index is 0.000318. The molecule has 4 amide bonds. The quantitative estimate of drug-likeness (QED) is 0.271. The van der Waals surface area contributed by atoms with Crippen molar-refractivity contribution in [3.63, 3.8) is 0 Å². The van der Waals surface area contributed by atoms with Crippen molar-refractivity contribution in [1.82, 2.24) is 34.8 Å². The van der Waals surface area contributed by atoms with Crippen LogP contribution in [0, 0.1) is 0 Å². The molecule has 12 nitrogen and oxygen atoms in total. The molecule has 51 heavy (non-hydrogen) atoms. The number of nitrogens with one attached hydrogen (secondary N) is 2. The Bertz CT molecular complexity index is 1910. The van der Waals surface area contributed by atoms with Crippen molar-refractivity contribution in [1.29, 1.82) is 0 Å². The van der Waals surface area contributed by atoms with Crippen LogP contribution in [0.5, 0.6) is 0 Å². The average Bonchev–Trinajstić information content (AvgIpc) is 3.66. The molecular formula is C39H47N7O5. The number of nitrogens with zero attached hydrogens (tertiary/aromatic N) is 5. The van der Waals surface area contributed by atoms with Crippen molar-refractivity contribution in [2.45, 2.75) is 70.9 Å². The van der Waals surface area contributed by atoms with E-state index in [2.05, 4.69) is 15.7 Å². The molecule has 1 aliphatic carbocycles. The standard InChI is InChI=1S/C39H47N7O5/c1-3-10-34(47)31-24-46(33-14-8-7-13-29(31)33)26-37(50)44-20-9-15-36(49)45(21-18-27-11-5-4-6-12-27)25-35(48)41-28-16-17-32-30(23-28)38(42-43(32)2)39(51)40-19-22-44/h4-8,11-14,24,28H,3,9-10,15-23,25-26H2,1-2H3,(H,40,51)(H,41,48). The molecule has 2 N–H and O–H groups in total. The first-order valence-corrected chi connectivity index (χ1v) is 18.0. The molecule has 268 valence electrons. The molecule has 4 aromatic rings. The second-order valence-corrected chi connectivity index (χ2v) is 13.6. The van der Waals surface area contributed by atoms with Crippen LogP contribution in [0.2, 0.25) is 0 Å². The van der Waals surface area contributed by atoms with Crippen LogP contribution < -0.4 is 10.6 Å². The van der Waals surface area contributed by atoms with Crippen LogP contribution >= 0.6 is 0 Å². The number of ketones is 1. The summed E-state index contributed by atoms with van der Waals surface area (Å²) in [6, 6.07) is 17.3. The Hall–Kier alpha value is -5.26. The number of carbonyl (C=O) groups is 5. The van der Waals surface area contributed by atoms with Crippen LogP contribution in [0.1, 0.15) is 76.7 Å². The lowest BCUT2D eigenvalue weighted by Crippen LogP contribution is -2.46. The molecule has 2 aliphatic rings. The monoisotopic (exact) mass is 693 g/mol. The van der Waals surface area contributed by atoms with E-state index in [4.69, 9.17) is 0 Å². The second kappa shape index (κ2) is 16.2. The third-order valence-electron chi connectivity index (χ3n) is 9.95. The van der Waals surface area contributed by atoms with E-state index < -0.39 is 0 Å². The fourth-order valence-electron chi connectivity index (χ4n) is 7.28. The molecule has 12 heteroatoms. The average molecular weight is 694 g/mol. The summed E-state index contributed by atoms with van der Waals surface area (Å²) in [7, 11) is 1.82. The van der Waals surface area contributed by atoms with Gasteiger partial charge in [0.2, 0.25) is 17.7 Å². The minimum Gasteiger partial charge on any atom is -0.351 e. The fourth-order valence-corrected chi connectivity index (χ4v) is 7.28. The predicted molar refractivity (Wildman–Crippen MR) is 193 cm³/mol. The third-order valence-corrected chi connectivity index (χ3v) is 9.95. The normalized spacial score (nSPS) is 17.6. The second-order valence-electron chi connectivity index (χ2n) is 13.6. The van der Waals surface area contributed by atoms with Gasteiger partial charge in [-0.05, 0) is 50.2 Å². The van der Waals surface area contributed by atoms with Crippen LogP contribution in [-0.4, -0.2) is 92.3 Å². The van der Waals surface area contributed by atoms with E-state index in [1.807, 2.05) is 73.1 Å². The molecule has 1 atom stereocenters. The van der Waals surface area contributed by atoms with Crippen LogP contribution in [-0.2, 0) is 47.2 Å². The van der Waals surface area contributed by atoms with Gasteiger partial charge in [0.1, 0.15) is 6.54 Å². The van der Waals surface area contributed by atoms with E-state index in [0.29, 0.717) is 56.3 Å². The van der Waals surface area contributed by atoms with E-state index in [-0.39, 0.29) is 74.6 Å². The summed E-state index contributed by atoms with van der Waals surface area (Å²) < 4.78 is 3.55. The van der Waals surface area contributed by atoms with Gasteiger partial charge in [0.25, 0.3) is 5.91 Å². The van der Waals surface area contributed by atoms with Gasteiger partial charge in [0, 0.05) is 86.0 Å². The summed E-state index contributed by atoms with van der Waals surface area (Å²) in [6.45, 7) is 2.99. The Morgan fingerprint density at radius 1 is 0.980 bits per heavy atom. The number of amides is 4. The molecule has 0 spiro atoms. The van der Waals surface area contributed by atoms with Crippen molar-refractivity contribution >= 4 is 40.3 Å². The van der Waals surface area contributed by atoms with Crippen molar-refractivity contribution < 1.29 is 24.0 Å². The van der Waals surface area contributed by atoms with Gasteiger partial charge >= 0.3 is 0 Å². The number of fused-ring (bicyclic) bond motifs is 2. The molecule has 3 heterocycles. The molecule has 6 rings (SSSR count). The summed E-state index contributed by atoms with van der Waals surface area (Å²) in [5, 5.41) is 11.4. The molecule has 1 unspecified atom stereocenters. The van der Waals surface area contributed by atoms with E-state index in [9.17, 15) is 24.0 Å². The number of hydrogen-bond donors (Lipinski definition) is 2. The zero-order valence-electron chi connectivity index (χ0n) is 29.5. The van der Waals surface area contributed by atoms with E-state index >= 15 is 0 Å². The molecule has 2 aromatic carbocycles. The number of rotatable bonds is 8. The van der Waals surface area contributed by atoms with Gasteiger partial charge in [0.15, 0.2) is 11.5 Å². The van der Waals surface area contributed by atoms with Gasteiger partial charge in [-0.15, -0.1) is 0 Å². The number of aryl methyl sites for hydroxylation is 1. The van der Waals surface area contributed by atoms with Crippen molar-refractivity contribution in [2.24, 2.45) is 7.05 Å². The van der Waals surface area contributed by atoms with Crippen molar-refractivity contribution in [2.75, 3.05) is 32.7 Å². The number of aromatic nitrogens is 3. The first kappa shape index (κ1) is 35.6. The predicted octanol–water partition coefficient (Wildman–Crippen LogP) is 3.45. The van der Waals surface area contributed by atoms with Gasteiger partial charge < -0.3 is 25.0 Å². The van der Waals surface area contributed by atoms with Gasteiger partial charge in [0.05, 0.1) is 6.54 Å². The molecule has 0 fully saturated rings. The summed E-state index contributed by atoms with van der Waals surface area (Å²) in [6.07, 6.45) is 5.89. The number of hydrogen-bond acceptors (Lipinski definition) is 6. The lowest BCUT2D eigenvalue weighted by atomic mass is 9.91. The fraction of sp³-hybridized carbons (Fsp3) is 0.436. The zero-order chi connectivity index (χ0) is 35.9. The van der Waals surface area contributed by atoms with Crippen LogP contribution in [0.3, 0.4) is 0 Å². The highest BCUT2D eigenvalue weighted by molar-refractivity contribution is 6.08. The van der Waals surface area contributed by atoms with Gasteiger partial charge in [-0.1, -0.05) is 55.5 Å². The largest absolute Gasteiger partial charge is 0.351 e. The molecule has 2 bridgehead atoms. The Morgan fingerprint density at radius 3 is 2.57 bits per heavy atom. The van der Waals surface area contributed by atoms with Crippen LogP contribution in [0.15, 0.2) is 60.8 Å². The molecule has 2 aromatic heterocycles. The van der Waals surface area contributed by atoms with Gasteiger partial charge in [-0.2, -0.15) is 5.10 Å². The molecule has 0 saturated carbocycles. The maximum Gasteiger partial charge on any atom is 0.272 e. The maximum atomic E-state index is 14.0. The summed E-state index contributed by atoms with van der Waals surface area (Å²) in [5.41, 5.74) is 4.58. The highest BCUT2D eigenvalue weighted by Crippen LogP contribution is 2.25. The van der Waals surface area contributed by atoms with Gasteiger partial charge in [-0.3, -0.25) is 28.7 Å². The smallest absolute Gasteiger partial charge is 0.272 e. The zero-order valence-corrected chi connectivity index (χ0v) is 29.5. The van der Waals surface area contributed by atoms with E-state index in [1.54, 1.807) is 20.7 Å². The topological polar surface area (TPSA) is 139 Å². The third kappa shape index (κ3) is 8.38. The Labute approximate surface area is 298 Å². The number of carbonyl (C=O) groups excluding carboxylic acids is 5. The Kier molecular flexibility index (Phi) is 11.3. The van der Waals surface area contributed by atoms with Crippen molar-refractivity contribution in [3.8, 4) is 0 Å². The molecule has 1 aliphatic heterocycles. The Morgan fingerprint density at radius 2 is 1.76 bits per heavy atom. The number of para-hydroxylation sites is 1. The highest BCUT2D eigenvalue weighted by atomic mass is 16.2. The summed E-state index contributed by atoms with van der Waals surface area (Å²) in [5.74, 6) is -0.870. The van der Waals surface area contributed by atoms with Crippen molar-refractivity contribution in [3.05, 3.63) is 88.9 Å². The lowest BCUT2D eigenvalue weighted by molar-refractivity contribution is -0.137. The van der Waals surface area contributed by atoms with Crippen LogP contribution in [0.4, 0.5) is 0 Å². The van der Waals surface area contributed by atoms with Gasteiger partial charge in [-0.25, -0.2) is 0 Å². The highest BCUT2D eigenvalue weighted by Gasteiger charge is 2.30. The number of benzene rings is 2. The Balaban J connectivity index is 1.24. The molecular weight excluding hydrogens is 646 g/mol. The van der Waals surface area contributed by atoms with E-state index in [0.717, 1.165) is 34.1 Å². The maximum absolute atomic E-state index is 14.0. The van der Waals surface area contributed by atoms with Crippen LogP contribution in [0.25, 0.3) is 10.9 Å². The molecule has 0 radical (unpaired) electrons.